The van der Waals surface area contributed by atoms with Crippen LogP contribution in [0.3, 0.4) is 0 Å². The second-order valence-corrected chi connectivity index (χ2v) is 8.60. The average molecular weight is 423 g/mol. The van der Waals surface area contributed by atoms with E-state index in [4.69, 9.17) is 4.74 Å². The van der Waals surface area contributed by atoms with Gasteiger partial charge in [0, 0.05) is 28.4 Å². The number of carbonyl (C=O) groups is 1. The molecule has 3 heterocycles. The third-order valence-electron chi connectivity index (χ3n) is 6.61. The van der Waals surface area contributed by atoms with Crippen LogP contribution in [0, 0.1) is 5.82 Å². The number of halogens is 1. The standard InChI is InChI=1S/C25H27FN2O3/c26-18-7-9-22-21(13-18)23(25(30)27-22)24-20-8-6-16(12-17(20)15-31-24)4-3-11-28-10-2-1-5-19(28)14-29/h6-9,12-13,19,29H,1-5,10-11,14-15H2,(H,27,30). The van der Waals surface area contributed by atoms with Crippen molar-refractivity contribution in [3.8, 4) is 0 Å². The molecule has 1 unspecified atom stereocenters. The summed E-state index contributed by atoms with van der Waals surface area (Å²) >= 11 is 0. The van der Waals surface area contributed by atoms with Gasteiger partial charge in [0.15, 0.2) is 0 Å². The first-order valence-electron chi connectivity index (χ1n) is 11.1. The highest BCUT2D eigenvalue weighted by atomic mass is 19.1. The second kappa shape index (κ2) is 8.44. The lowest BCUT2D eigenvalue weighted by molar-refractivity contribution is -0.110. The molecule has 0 aromatic heterocycles. The van der Waals surface area contributed by atoms with E-state index in [1.807, 2.05) is 6.07 Å². The molecule has 2 aromatic carbocycles. The Balaban J connectivity index is 1.32. The topological polar surface area (TPSA) is 61.8 Å². The van der Waals surface area contributed by atoms with Crippen LogP contribution in [0.5, 0.6) is 0 Å². The first-order valence-corrected chi connectivity index (χ1v) is 11.1. The summed E-state index contributed by atoms with van der Waals surface area (Å²) < 4.78 is 19.7. The Hall–Kier alpha value is -2.70. The quantitative estimate of drug-likeness (QED) is 0.717. The van der Waals surface area contributed by atoms with E-state index in [1.54, 1.807) is 6.07 Å². The Labute approximate surface area is 181 Å². The van der Waals surface area contributed by atoms with Crippen molar-refractivity contribution < 1.29 is 19.0 Å². The maximum atomic E-state index is 13.8. The molecule has 0 saturated carbocycles. The Morgan fingerprint density at radius 2 is 2.06 bits per heavy atom. The van der Waals surface area contributed by atoms with E-state index >= 15 is 0 Å². The molecule has 2 N–H and O–H groups in total. The van der Waals surface area contributed by atoms with Crippen LogP contribution in [0.2, 0.25) is 0 Å². The zero-order valence-electron chi connectivity index (χ0n) is 17.5. The van der Waals surface area contributed by atoms with Crippen molar-refractivity contribution in [1.29, 1.82) is 0 Å². The Morgan fingerprint density at radius 3 is 2.94 bits per heavy atom. The molecule has 0 radical (unpaired) electrons. The van der Waals surface area contributed by atoms with Crippen molar-refractivity contribution in [2.45, 2.75) is 44.8 Å². The van der Waals surface area contributed by atoms with Crippen LogP contribution in [-0.2, 0) is 22.6 Å². The van der Waals surface area contributed by atoms with Crippen LogP contribution in [0.15, 0.2) is 36.4 Å². The monoisotopic (exact) mass is 422 g/mol. The van der Waals surface area contributed by atoms with Crippen LogP contribution in [0.4, 0.5) is 10.1 Å². The fourth-order valence-electron chi connectivity index (χ4n) is 4.99. The second-order valence-electron chi connectivity index (χ2n) is 8.60. The summed E-state index contributed by atoms with van der Waals surface area (Å²) in [5.41, 5.74) is 4.78. The number of nitrogens with zero attached hydrogens (tertiary/aromatic N) is 1. The summed E-state index contributed by atoms with van der Waals surface area (Å²) in [7, 11) is 0. The van der Waals surface area contributed by atoms with Gasteiger partial charge in [0.25, 0.3) is 5.91 Å². The SMILES string of the molecule is O=C1Nc2ccc(F)cc2C1=C1OCc2cc(CCCN3CCCCC3CO)ccc21. The highest BCUT2D eigenvalue weighted by Crippen LogP contribution is 2.42. The maximum Gasteiger partial charge on any atom is 0.260 e. The van der Waals surface area contributed by atoms with E-state index in [0.717, 1.165) is 43.5 Å². The summed E-state index contributed by atoms with van der Waals surface area (Å²) in [6, 6.07) is 10.9. The van der Waals surface area contributed by atoms with Crippen molar-refractivity contribution >= 4 is 22.9 Å². The summed E-state index contributed by atoms with van der Waals surface area (Å²) in [6.07, 6.45) is 5.51. The van der Waals surface area contributed by atoms with E-state index in [-0.39, 0.29) is 18.3 Å². The van der Waals surface area contributed by atoms with Crippen LogP contribution in [0.1, 0.15) is 47.9 Å². The summed E-state index contributed by atoms with van der Waals surface area (Å²) in [6.45, 7) is 2.73. The van der Waals surface area contributed by atoms with E-state index in [1.165, 1.54) is 30.5 Å². The lowest BCUT2D eigenvalue weighted by Crippen LogP contribution is -2.42. The number of amides is 1. The highest BCUT2D eigenvalue weighted by Gasteiger charge is 2.32. The number of carbonyl (C=O) groups excluding carboxylic acids is 1. The number of hydrogen-bond donors (Lipinski definition) is 2. The number of nitrogens with one attached hydrogen (secondary N) is 1. The van der Waals surface area contributed by atoms with E-state index in [2.05, 4.69) is 22.3 Å². The molecule has 1 amide bonds. The smallest absolute Gasteiger partial charge is 0.260 e. The van der Waals surface area contributed by atoms with E-state index in [0.29, 0.717) is 35.2 Å². The minimum Gasteiger partial charge on any atom is -0.487 e. The van der Waals surface area contributed by atoms with Crippen molar-refractivity contribution in [1.82, 2.24) is 4.90 Å². The van der Waals surface area contributed by atoms with E-state index < -0.39 is 0 Å². The normalized spacial score (nSPS) is 22.8. The number of rotatable bonds is 5. The molecule has 31 heavy (non-hydrogen) atoms. The number of anilines is 1. The number of hydrogen-bond acceptors (Lipinski definition) is 4. The van der Waals surface area contributed by atoms with Gasteiger partial charge in [-0.1, -0.05) is 24.6 Å². The molecule has 5 nitrogen and oxygen atoms in total. The lowest BCUT2D eigenvalue weighted by atomic mass is 9.97. The molecule has 0 spiro atoms. The largest absolute Gasteiger partial charge is 0.487 e. The van der Waals surface area contributed by atoms with Crippen molar-refractivity contribution in [3.05, 3.63) is 64.5 Å². The summed E-state index contributed by atoms with van der Waals surface area (Å²) in [5.74, 6) is -0.103. The number of ether oxygens (including phenoxy) is 1. The number of likely N-dealkylation sites (tertiary alicyclic amines) is 1. The Morgan fingerprint density at radius 1 is 1.16 bits per heavy atom. The molecule has 0 bridgehead atoms. The molecule has 3 aliphatic heterocycles. The minimum absolute atomic E-state index is 0.244. The Bertz CT molecular complexity index is 1050. The maximum absolute atomic E-state index is 13.8. The highest BCUT2D eigenvalue weighted by molar-refractivity contribution is 6.36. The third-order valence-corrected chi connectivity index (χ3v) is 6.61. The number of fused-ring (bicyclic) bond motifs is 2. The average Bonchev–Trinajstić information content (AvgIpc) is 3.33. The molecule has 1 saturated heterocycles. The van der Waals surface area contributed by atoms with Crippen molar-refractivity contribution in [2.75, 3.05) is 25.0 Å². The predicted octanol–water partition coefficient (Wildman–Crippen LogP) is 3.96. The summed E-state index contributed by atoms with van der Waals surface area (Å²) in [4.78, 5) is 15.0. The molecule has 1 fully saturated rings. The first kappa shape index (κ1) is 20.2. The van der Waals surface area contributed by atoms with Crippen LogP contribution in [-0.4, -0.2) is 41.7 Å². The molecule has 3 aliphatic rings. The van der Waals surface area contributed by atoms with Gasteiger partial charge >= 0.3 is 0 Å². The van der Waals surface area contributed by atoms with Gasteiger partial charge in [-0.05, 0) is 62.5 Å². The Kier molecular flexibility index (Phi) is 5.50. The third kappa shape index (κ3) is 3.86. The van der Waals surface area contributed by atoms with Gasteiger partial charge in [-0.3, -0.25) is 9.69 Å². The van der Waals surface area contributed by atoms with Gasteiger partial charge < -0.3 is 15.2 Å². The molecule has 6 heteroatoms. The lowest BCUT2D eigenvalue weighted by Gasteiger charge is -2.34. The zero-order chi connectivity index (χ0) is 21.4. The number of benzene rings is 2. The fourth-order valence-corrected chi connectivity index (χ4v) is 4.99. The molecule has 2 aromatic rings. The van der Waals surface area contributed by atoms with Crippen molar-refractivity contribution in [3.63, 3.8) is 0 Å². The number of aryl methyl sites for hydroxylation is 1. The minimum atomic E-state index is -0.376. The number of aliphatic hydroxyl groups is 1. The number of piperidine rings is 1. The molecular weight excluding hydrogens is 395 g/mol. The fraction of sp³-hybridized carbons (Fsp3) is 0.400. The number of aliphatic hydroxyl groups excluding tert-OH is 1. The van der Waals surface area contributed by atoms with Crippen LogP contribution in [0.25, 0.3) is 11.3 Å². The molecular formula is C25H27FN2O3. The van der Waals surface area contributed by atoms with Gasteiger partial charge in [0.1, 0.15) is 18.2 Å². The molecule has 0 aliphatic carbocycles. The van der Waals surface area contributed by atoms with Gasteiger partial charge in [-0.15, -0.1) is 0 Å². The molecule has 162 valence electrons. The van der Waals surface area contributed by atoms with Crippen molar-refractivity contribution in [2.24, 2.45) is 0 Å². The summed E-state index contributed by atoms with van der Waals surface area (Å²) in [5, 5.41) is 12.4. The zero-order valence-corrected chi connectivity index (χ0v) is 17.5. The van der Waals surface area contributed by atoms with Gasteiger partial charge in [0.05, 0.1) is 12.2 Å². The van der Waals surface area contributed by atoms with Crippen LogP contribution >= 0.6 is 0 Å². The first-order chi connectivity index (χ1) is 15.1. The molecule has 1 atom stereocenters. The van der Waals surface area contributed by atoms with Gasteiger partial charge in [0.2, 0.25) is 0 Å². The van der Waals surface area contributed by atoms with Gasteiger partial charge in [-0.2, -0.15) is 0 Å². The van der Waals surface area contributed by atoms with Gasteiger partial charge in [-0.25, -0.2) is 4.39 Å². The molecule has 5 rings (SSSR count). The van der Waals surface area contributed by atoms with Crippen LogP contribution < -0.4 is 5.32 Å². The van der Waals surface area contributed by atoms with E-state index in [9.17, 15) is 14.3 Å². The predicted molar refractivity (Wildman–Crippen MR) is 118 cm³/mol.